The molecular weight excluding hydrogens is 512 g/mol. The van der Waals surface area contributed by atoms with Gasteiger partial charge in [0.05, 0.1) is 34.1 Å². The van der Waals surface area contributed by atoms with Crippen molar-refractivity contribution in [3.8, 4) is 17.6 Å². The minimum atomic E-state index is -3.96. The third-order valence-corrected chi connectivity index (χ3v) is 7.24. The Morgan fingerprint density at radius 2 is 1.95 bits per heavy atom. The molecule has 1 unspecified atom stereocenters. The van der Waals surface area contributed by atoms with Gasteiger partial charge in [0.2, 0.25) is 0 Å². The first-order chi connectivity index (χ1) is 17.8. The van der Waals surface area contributed by atoms with Crippen LogP contribution in [-0.2, 0) is 14.3 Å². The molecule has 2 aromatic carbocycles. The predicted molar refractivity (Wildman–Crippen MR) is 143 cm³/mol. The first-order valence-corrected chi connectivity index (χ1v) is 13.4. The Morgan fingerprint density at radius 3 is 2.68 bits per heavy atom. The number of nitrogens with zero attached hydrogens (tertiary/aromatic N) is 3. The van der Waals surface area contributed by atoms with Gasteiger partial charge in [0.1, 0.15) is 35.0 Å². The lowest BCUT2D eigenvalue weighted by Gasteiger charge is -2.13. The predicted octanol–water partition coefficient (Wildman–Crippen LogP) is 3.65. The summed E-state index contributed by atoms with van der Waals surface area (Å²) in [5.74, 6) is 7.03. The highest BCUT2D eigenvalue weighted by atomic mass is 32.2. The maximum absolute atomic E-state index is 12.3. The number of aliphatic hydroxyl groups is 1. The normalized spacial score (nSPS) is 12.3. The van der Waals surface area contributed by atoms with Crippen LogP contribution in [0.3, 0.4) is 0 Å². The fraction of sp³-hybridized carbons (Fsp3) is 0.192. The quantitative estimate of drug-likeness (QED) is 0.244. The second kappa shape index (κ2) is 11.9. The number of hydrogen-bond acceptors (Lipinski definition) is 10. The first-order valence-electron chi connectivity index (χ1n) is 11.2. The van der Waals surface area contributed by atoms with Crippen molar-refractivity contribution in [1.82, 2.24) is 15.0 Å². The molecule has 4 rings (SSSR count). The van der Waals surface area contributed by atoms with Crippen LogP contribution in [0, 0.1) is 18.8 Å². The number of aliphatic hydroxyl groups excluding tert-OH is 1. The van der Waals surface area contributed by atoms with Crippen LogP contribution in [-0.4, -0.2) is 54.8 Å². The van der Waals surface area contributed by atoms with Gasteiger partial charge in [0.25, 0.3) is 10.1 Å². The summed E-state index contributed by atoms with van der Waals surface area (Å²) in [6, 6.07) is 11.6. The fourth-order valence-corrected chi connectivity index (χ4v) is 4.86. The highest BCUT2D eigenvalue weighted by molar-refractivity contribution is 7.86. The van der Waals surface area contributed by atoms with Crippen molar-refractivity contribution in [2.45, 2.75) is 17.9 Å². The lowest BCUT2D eigenvalue weighted by Crippen LogP contribution is -2.25. The summed E-state index contributed by atoms with van der Waals surface area (Å²) in [7, 11) is -2.19. The van der Waals surface area contributed by atoms with Crippen LogP contribution in [0.5, 0.6) is 5.75 Å². The lowest BCUT2D eigenvalue weighted by atomic mass is 10.2. The first kappa shape index (κ1) is 26.2. The molecule has 0 spiro atoms. The van der Waals surface area contributed by atoms with Crippen LogP contribution in [0.1, 0.15) is 16.3 Å². The summed E-state index contributed by atoms with van der Waals surface area (Å²) in [4.78, 5) is 12.9. The number of aryl methyl sites for hydroxylation is 1. The van der Waals surface area contributed by atoms with Gasteiger partial charge in [-0.2, -0.15) is 8.42 Å². The highest BCUT2D eigenvalue weighted by Gasteiger charge is 2.18. The van der Waals surface area contributed by atoms with Gasteiger partial charge < -0.3 is 15.2 Å². The second-order valence-corrected chi connectivity index (χ2v) is 10.5. The van der Waals surface area contributed by atoms with Gasteiger partial charge in [-0.3, -0.25) is 4.18 Å². The van der Waals surface area contributed by atoms with Gasteiger partial charge >= 0.3 is 0 Å². The number of anilines is 1. The van der Waals surface area contributed by atoms with E-state index in [9.17, 15) is 13.5 Å². The molecule has 0 aliphatic carbocycles. The average Bonchev–Trinajstić information content (AvgIpc) is 3.31. The van der Waals surface area contributed by atoms with Crippen LogP contribution in [0.25, 0.3) is 16.3 Å². The number of nitrogens with one attached hydrogen (secondary N) is 1. The molecule has 1 atom stereocenters. The number of hydrogen-bond donors (Lipinski definition) is 2. The van der Waals surface area contributed by atoms with Crippen LogP contribution in [0.4, 0.5) is 5.82 Å². The summed E-state index contributed by atoms with van der Waals surface area (Å²) in [6.07, 6.45) is 5.58. The Bertz CT molecular complexity index is 1550. The summed E-state index contributed by atoms with van der Waals surface area (Å²) in [6.45, 7) is 1.31. The zero-order valence-corrected chi connectivity index (χ0v) is 21.7. The van der Waals surface area contributed by atoms with Crippen molar-refractivity contribution in [3.63, 3.8) is 0 Å². The third-order valence-electron chi connectivity index (χ3n) is 4.96. The van der Waals surface area contributed by atoms with E-state index in [1.54, 1.807) is 43.7 Å². The third kappa shape index (κ3) is 7.34. The van der Waals surface area contributed by atoms with E-state index < -0.39 is 22.8 Å². The summed E-state index contributed by atoms with van der Waals surface area (Å²) >= 11 is 1.46. The average molecular weight is 537 g/mol. The number of aromatic nitrogens is 3. The van der Waals surface area contributed by atoms with Crippen LogP contribution in [0.15, 0.2) is 65.8 Å². The summed E-state index contributed by atoms with van der Waals surface area (Å²) in [5, 5.41) is 13.8. The zero-order chi connectivity index (χ0) is 26.3. The SMILES string of the molecule is CNc1cnc(C#CC=Cc2nc3ccc(OCC(O)COS(=O)(=O)c4ccc(C)cc4)cc3s2)cn1. The van der Waals surface area contributed by atoms with Gasteiger partial charge in [-0.25, -0.2) is 15.0 Å². The zero-order valence-electron chi connectivity index (χ0n) is 20.1. The van der Waals surface area contributed by atoms with Gasteiger partial charge in [-0.1, -0.05) is 23.6 Å². The maximum Gasteiger partial charge on any atom is 0.297 e. The Kier molecular flexibility index (Phi) is 8.47. The molecule has 4 aromatic rings. The topological polar surface area (TPSA) is 124 Å². The fourth-order valence-electron chi connectivity index (χ4n) is 3.02. The van der Waals surface area contributed by atoms with Crippen molar-refractivity contribution < 1.29 is 22.4 Å². The number of ether oxygens (including phenoxy) is 1. The van der Waals surface area contributed by atoms with Crippen LogP contribution >= 0.6 is 11.3 Å². The van der Waals surface area contributed by atoms with Crippen molar-refractivity contribution in [3.05, 3.63) is 77.2 Å². The molecule has 37 heavy (non-hydrogen) atoms. The van der Waals surface area contributed by atoms with Crippen molar-refractivity contribution >= 4 is 43.6 Å². The van der Waals surface area contributed by atoms with E-state index in [2.05, 4.69) is 32.1 Å². The Hall–Kier alpha value is -3.82. The summed E-state index contributed by atoms with van der Waals surface area (Å²) < 4.78 is 36.0. The lowest BCUT2D eigenvalue weighted by molar-refractivity contribution is 0.0649. The van der Waals surface area contributed by atoms with Gasteiger partial charge in [-0.05, 0) is 55.3 Å². The molecule has 190 valence electrons. The number of allylic oxidation sites excluding steroid dienone is 1. The molecule has 11 heteroatoms. The number of benzene rings is 2. The minimum absolute atomic E-state index is 0.0366. The Labute approximate surface area is 219 Å². The van der Waals surface area contributed by atoms with Crippen molar-refractivity contribution in [2.75, 3.05) is 25.6 Å². The van der Waals surface area contributed by atoms with E-state index >= 15 is 0 Å². The molecule has 2 heterocycles. The second-order valence-electron chi connectivity index (χ2n) is 7.84. The molecule has 0 aliphatic heterocycles. The van der Waals surface area contributed by atoms with Crippen molar-refractivity contribution in [2.24, 2.45) is 0 Å². The van der Waals surface area contributed by atoms with E-state index in [1.165, 1.54) is 23.5 Å². The number of thiazole rings is 1. The number of rotatable bonds is 9. The molecule has 0 aliphatic rings. The molecule has 2 N–H and O–H groups in total. The van der Waals surface area contributed by atoms with E-state index in [4.69, 9.17) is 8.92 Å². The molecule has 0 saturated carbocycles. The monoisotopic (exact) mass is 536 g/mol. The maximum atomic E-state index is 12.3. The van der Waals surface area contributed by atoms with Gasteiger partial charge in [-0.15, -0.1) is 11.3 Å². The molecule has 0 radical (unpaired) electrons. The van der Waals surface area contributed by atoms with Crippen LogP contribution < -0.4 is 10.1 Å². The molecule has 0 saturated heterocycles. The molecule has 9 nitrogen and oxygen atoms in total. The van der Waals surface area contributed by atoms with E-state index in [-0.39, 0.29) is 11.5 Å². The molecule has 0 amide bonds. The highest BCUT2D eigenvalue weighted by Crippen LogP contribution is 2.27. The molecular formula is C26H24N4O5S2. The Balaban J connectivity index is 1.30. The number of fused-ring (bicyclic) bond motifs is 1. The molecule has 0 fully saturated rings. The smallest absolute Gasteiger partial charge is 0.297 e. The van der Waals surface area contributed by atoms with Gasteiger partial charge in [0, 0.05) is 7.05 Å². The van der Waals surface area contributed by atoms with Gasteiger partial charge in [0.15, 0.2) is 0 Å². The minimum Gasteiger partial charge on any atom is -0.491 e. The largest absolute Gasteiger partial charge is 0.491 e. The van der Waals surface area contributed by atoms with E-state index in [1.807, 2.05) is 25.1 Å². The van der Waals surface area contributed by atoms with E-state index in [0.29, 0.717) is 17.3 Å². The van der Waals surface area contributed by atoms with Crippen molar-refractivity contribution in [1.29, 1.82) is 0 Å². The standard InChI is InChI=1S/C26H24N4O5S2/c1-18-7-10-22(11-8-18)37(32,33)35-17-20(31)16-34-21-9-12-23-24(13-21)36-26(30-23)6-4-3-5-19-14-29-25(27-2)15-28-19/h4,6-15,20,31H,16-17H2,1-2H3,(H,27,29). The van der Waals surface area contributed by atoms with E-state index in [0.717, 1.165) is 20.8 Å². The van der Waals surface area contributed by atoms with Crippen LogP contribution in [0.2, 0.25) is 0 Å². The molecule has 0 bridgehead atoms. The summed E-state index contributed by atoms with van der Waals surface area (Å²) in [5.41, 5.74) is 2.30. The Morgan fingerprint density at radius 1 is 1.14 bits per heavy atom. The molecule has 2 aromatic heterocycles.